The Morgan fingerprint density at radius 2 is 2.29 bits per heavy atom. The van der Waals surface area contributed by atoms with E-state index in [1.807, 2.05) is 0 Å². The summed E-state index contributed by atoms with van der Waals surface area (Å²) in [5.74, 6) is 0.379. The molecule has 1 aromatic heterocycles. The normalized spacial score (nSPS) is 12.1. The van der Waals surface area contributed by atoms with E-state index < -0.39 is 17.2 Å². The summed E-state index contributed by atoms with van der Waals surface area (Å²) in [4.78, 5) is 14.8. The first-order valence-electron chi connectivity index (χ1n) is 3.66. The SMILES string of the molecule is C[S+]([O-])c1cc(N)nc(NC(N)=O)c1. The van der Waals surface area contributed by atoms with E-state index in [4.69, 9.17) is 11.5 Å². The fourth-order valence-corrected chi connectivity index (χ4v) is 1.45. The maximum absolute atomic E-state index is 11.1. The van der Waals surface area contributed by atoms with Gasteiger partial charge in [-0.1, -0.05) is 0 Å². The van der Waals surface area contributed by atoms with Gasteiger partial charge in [0.1, 0.15) is 17.9 Å². The lowest BCUT2D eigenvalue weighted by Crippen LogP contribution is -2.20. The summed E-state index contributed by atoms with van der Waals surface area (Å²) >= 11 is -1.18. The zero-order valence-electron chi connectivity index (χ0n) is 7.48. The molecular weight excluding hydrogens is 204 g/mol. The molecule has 7 heteroatoms. The van der Waals surface area contributed by atoms with Crippen molar-refractivity contribution in [2.75, 3.05) is 17.3 Å². The number of primary amides is 1. The molecule has 0 aliphatic rings. The van der Waals surface area contributed by atoms with E-state index in [0.29, 0.717) is 4.90 Å². The largest absolute Gasteiger partial charge is 0.612 e. The van der Waals surface area contributed by atoms with E-state index in [1.54, 1.807) is 0 Å². The lowest BCUT2D eigenvalue weighted by molar-refractivity contribution is 0.259. The Morgan fingerprint density at radius 1 is 1.64 bits per heavy atom. The molecule has 0 radical (unpaired) electrons. The van der Waals surface area contributed by atoms with Crippen LogP contribution in [0.3, 0.4) is 0 Å². The molecule has 0 spiro atoms. The lowest BCUT2D eigenvalue weighted by Gasteiger charge is -2.07. The summed E-state index contributed by atoms with van der Waals surface area (Å²) in [7, 11) is 0. The minimum atomic E-state index is -1.18. The van der Waals surface area contributed by atoms with Crippen molar-refractivity contribution in [2.45, 2.75) is 4.90 Å². The van der Waals surface area contributed by atoms with Gasteiger partial charge < -0.3 is 16.0 Å². The Hall–Kier alpha value is -1.47. The number of rotatable bonds is 2. The van der Waals surface area contributed by atoms with Crippen molar-refractivity contribution < 1.29 is 9.35 Å². The van der Waals surface area contributed by atoms with Crippen LogP contribution < -0.4 is 16.8 Å². The Bertz CT molecular complexity index is 356. The van der Waals surface area contributed by atoms with Crippen molar-refractivity contribution in [2.24, 2.45) is 5.73 Å². The molecule has 1 rings (SSSR count). The van der Waals surface area contributed by atoms with Crippen LogP contribution in [0, 0.1) is 0 Å². The second-order valence-electron chi connectivity index (χ2n) is 2.56. The van der Waals surface area contributed by atoms with Crippen LogP contribution in [-0.2, 0) is 11.2 Å². The monoisotopic (exact) mass is 214 g/mol. The van der Waals surface area contributed by atoms with E-state index in [9.17, 15) is 9.35 Å². The Morgan fingerprint density at radius 3 is 2.79 bits per heavy atom. The summed E-state index contributed by atoms with van der Waals surface area (Å²) in [5.41, 5.74) is 10.3. The minimum Gasteiger partial charge on any atom is -0.612 e. The highest BCUT2D eigenvalue weighted by molar-refractivity contribution is 7.90. The van der Waals surface area contributed by atoms with E-state index in [-0.39, 0.29) is 11.6 Å². The smallest absolute Gasteiger partial charge is 0.317 e. The summed E-state index contributed by atoms with van der Waals surface area (Å²) in [6.07, 6.45) is 1.50. The van der Waals surface area contributed by atoms with Gasteiger partial charge in [0.05, 0.1) is 0 Å². The second-order valence-corrected chi connectivity index (χ2v) is 3.94. The Labute approximate surface area is 83.9 Å². The number of nitrogens with zero attached hydrogens (tertiary/aromatic N) is 1. The van der Waals surface area contributed by atoms with Crippen LogP contribution in [0.4, 0.5) is 16.4 Å². The molecule has 14 heavy (non-hydrogen) atoms. The molecular formula is C7H10N4O2S. The fraction of sp³-hybridized carbons (Fsp3) is 0.143. The first kappa shape index (κ1) is 10.6. The zero-order valence-corrected chi connectivity index (χ0v) is 8.30. The molecule has 0 fully saturated rings. The summed E-state index contributed by atoms with van der Waals surface area (Å²) in [5, 5.41) is 2.25. The van der Waals surface area contributed by atoms with Crippen molar-refractivity contribution in [3.8, 4) is 0 Å². The van der Waals surface area contributed by atoms with E-state index in [2.05, 4.69) is 10.3 Å². The van der Waals surface area contributed by atoms with Crippen LogP contribution in [0.15, 0.2) is 17.0 Å². The third-order valence-corrected chi connectivity index (χ3v) is 2.30. The second kappa shape index (κ2) is 4.16. The predicted octanol–water partition coefficient (Wildman–Crippen LogP) is -0.108. The molecule has 1 unspecified atom stereocenters. The zero-order chi connectivity index (χ0) is 10.7. The van der Waals surface area contributed by atoms with Crippen LogP contribution >= 0.6 is 0 Å². The Balaban J connectivity index is 3.01. The number of hydrogen-bond donors (Lipinski definition) is 3. The molecule has 1 aromatic rings. The number of pyridine rings is 1. The number of nitrogen functional groups attached to an aromatic ring is 1. The highest BCUT2D eigenvalue weighted by Gasteiger charge is 2.09. The Kier molecular flexibility index (Phi) is 3.15. The summed E-state index contributed by atoms with van der Waals surface area (Å²) < 4.78 is 11.1. The molecule has 0 bridgehead atoms. The number of hydrogen-bond acceptors (Lipinski definition) is 4. The third-order valence-electron chi connectivity index (χ3n) is 1.40. The van der Waals surface area contributed by atoms with E-state index in [1.165, 1.54) is 18.4 Å². The van der Waals surface area contributed by atoms with Gasteiger partial charge in [0, 0.05) is 12.1 Å². The predicted molar refractivity (Wildman–Crippen MR) is 54.2 cm³/mol. The van der Waals surface area contributed by atoms with E-state index >= 15 is 0 Å². The van der Waals surface area contributed by atoms with Crippen LogP contribution in [-0.4, -0.2) is 21.8 Å². The summed E-state index contributed by atoms with van der Waals surface area (Å²) in [6.45, 7) is 0. The number of carbonyl (C=O) groups excluding carboxylic acids is 1. The van der Waals surface area contributed by atoms with Crippen molar-refractivity contribution in [3.05, 3.63) is 12.1 Å². The third kappa shape index (κ3) is 2.79. The number of anilines is 2. The first-order valence-corrected chi connectivity index (χ1v) is 5.22. The van der Waals surface area contributed by atoms with Crippen LogP contribution in [0.25, 0.3) is 0 Å². The van der Waals surface area contributed by atoms with Crippen molar-refractivity contribution in [1.29, 1.82) is 0 Å². The van der Waals surface area contributed by atoms with Gasteiger partial charge in [-0.05, 0) is 11.2 Å². The van der Waals surface area contributed by atoms with Crippen LogP contribution in [0.1, 0.15) is 0 Å². The summed E-state index contributed by atoms with van der Waals surface area (Å²) in [6, 6.07) is 2.19. The molecule has 6 nitrogen and oxygen atoms in total. The molecule has 0 saturated heterocycles. The standard InChI is InChI=1S/C7H10N4O2S/c1-14(13)4-2-5(8)10-6(3-4)11-7(9)12/h2-3H,1H3,(H5,8,9,10,11,12). The first-order chi connectivity index (χ1) is 6.49. The van der Waals surface area contributed by atoms with Gasteiger partial charge in [-0.2, -0.15) is 0 Å². The molecule has 1 heterocycles. The van der Waals surface area contributed by atoms with E-state index in [0.717, 1.165) is 0 Å². The molecule has 0 aliphatic carbocycles. The van der Waals surface area contributed by atoms with Crippen LogP contribution in [0.5, 0.6) is 0 Å². The number of nitrogens with two attached hydrogens (primary N) is 2. The topological polar surface area (TPSA) is 117 Å². The van der Waals surface area contributed by atoms with Crippen molar-refractivity contribution in [3.63, 3.8) is 0 Å². The number of urea groups is 1. The molecule has 1 atom stereocenters. The molecule has 0 aromatic carbocycles. The molecule has 0 saturated carbocycles. The number of nitrogens with one attached hydrogen (secondary N) is 1. The molecule has 5 N–H and O–H groups in total. The maximum Gasteiger partial charge on any atom is 0.317 e. The van der Waals surface area contributed by atoms with Gasteiger partial charge in [0.2, 0.25) is 0 Å². The number of amides is 2. The number of aromatic nitrogens is 1. The molecule has 0 aliphatic heterocycles. The highest BCUT2D eigenvalue weighted by Crippen LogP contribution is 2.16. The van der Waals surface area contributed by atoms with Gasteiger partial charge >= 0.3 is 6.03 Å². The average molecular weight is 214 g/mol. The van der Waals surface area contributed by atoms with Gasteiger partial charge in [0.25, 0.3) is 0 Å². The van der Waals surface area contributed by atoms with Gasteiger partial charge in [-0.25, -0.2) is 9.78 Å². The highest BCUT2D eigenvalue weighted by atomic mass is 32.2. The van der Waals surface area contributed by atoms with Gasteiger partial charge in [-0.3, -0.25) is 5.32 Å². The average Bonchev–Trinajstić information content (AvgIpc) is 2.01. The minimum absolute atomic E-state index is 0.182. The van der Waals surface area contributed by atoms with Crippen molar-refractivity contribution in [1.82, 2.24) is 4.98 Å². The fourth-order valence-electron chi connectivity index (χ4n) is 0.882. The van der Waals surface area contributed by atoms with Crippen molar-refractivity contribution >= 4 is 28.8 Å². The lowest BCUT2D eigenvalue weighted by atomic mass is 10.4. The van der Waals surface area contributed by atoms with Crippen LogP contribution in [0.2, 0.25) is 0 Å². The van der Waals surface area contributed by atoms with Gasteiger partial charge in [0.15, 0.2) is 4.90 Å². The number of carbonyl (C=O) groups is 1. The molecule has 2 amide bonds. The maximum atomic E-state index is 11.1. The quantitative estimate of drug-likeness (QED) is 0.595. The van der Waals surface area contributed by atoms with Gasteiger partial charge in [-0.15, -0.1) is 0 Å². The molecule has 76 valence electrons.